The lowest BCUT2D eigenvalue weighted by molar-refractivity contribution is -0.121. The fourth-order valence-corrected chi connectivity index (χ4v) is 4.06. The Hall–Kier alpha value is -1.89. The summed E-state index contributed by atoms with van der Waals surface area (Å²) in [7, 11) is 1.30. The molecule has 1 saturated heterocycles. The van der Waals surface area contributed by atoms with Gasteiger partial charge in [0, 0.05) is 23.2 Å². The van der Waals surface area contributed by atoms with Crippen LogP contribution in [0.2, 0.25) is 5.02 Å². The number of hydrogen-bond acceptors (Lipinski definition) is 4. The van der Waals surface area contributed by atoms with Crippen LogP contribution >= 0.6 is 27.5 Å². The molecule has 0 aliphatic carbocycles. The van der Waals surface area contributed by atoms with Gasteiger partial charge in [-0.2, -0.15) is 0 Å². The summed E-state index contributed by atoms with van der Waals surface area (Å²) in [6.07, 6.45) is 1.82. The molecular formula is C21H22BrClN2O3. The molecular weight excluding hydrogens is 444 g/mol. The van der Waals surface area contributed by atoms with Crippen LogP contribution in [0.5, 0.6) is 0 Å². The maximum atomic E-state index is 12.8. The van der Waals surface area contributed by atoms with Crippen molar-refractivity contribution in [2.75, 3.05) is 25.5 Å². The number of esters is 1. The van der Waals surface area contributed by atoms with Gasteiger partial charge in [-0.25, -0.2) is 4.79 Å². The standard InChI is InChI=1S/C21H22BrClN2O3/c1-28-21(27)18-11-17(7-8-19(18)23)24-20(26)15-5-3-9-25(13-15)12-14-4-2-6-16(22)10-14/h2,4,6-8,10-11,15H,3,5,9,12-13H2,1H3,(H,24,26). The molecule has 0 radical (unpaired) electrons. The van der Waals surface area contributed by atoms with Crippen LogP contribution in [0.4, 0.5) is 5.69 Å². The molecule has 7 heteroatoms. The fourth-order valence-electron chi connectivity index (χ4n) is 3.42. The number of carbonyl (C=O) groups excluding carboxylic acids is 2. The molecule has 2 aromatic rings. The summed E-state index contributed by atoms with van der Waals surface area (Å²) in [5.74, 6) is -0.672. The molecule has 1 aliphatic rings. The van der Waals surface area contributed by atoms with E-state index in [1.807, 2.05) is 12.1 Å². The molecule has 0 saturated carbocycles. The van der Waals surface area contributed by atoms with E-state index in [0.29, 0.717) is 17.3 Å². The molecule has 28 heavy (non-hydrogen) atoms. The second-order valence-corrected chi connectivity index (χ2v) is 8.20. The Morgan fingerprint density at radius 3 is 2.86 bits per heavy atom. The summed E-state index contributed by atoms with van der Waals surface area (Å²) in [5, 5.41) is 3.21. The highest BCUT2D eigenvalue weighted by atomic mass is 79.9. The third-order valence-electron chi connectivity index (χ3n) is 4.81. The van der Waals surface area contributed by atoms with Gasteiger partial charge in [-0.1, -0.05) is 39.7 Å². The highest BCUT2D eigenvalue weighted by molar-refractivity contribution is 9.10. The quantitative estimate of drug-likeness (QED) is 0.648. The minimum Gasteiger partial charge on any atom is -0.465 e. The number of rotatable bonds is 5. The Balaban J connectivity index is 1.63. The first-order valence-electron chi connectivity index (χ1n) is 9.12. The third kappa shape index (κ3) is 5.34. The van der Waals surface area contributed by atoms with Gasteiger partial charge in [0.25, 0.3) is 0 Å². The minimum atomic E-state index is -0.529. The Labute approximate surface area is 178 Å². The second-order valence-electron chi connectivity index (χ2n) is 6.88. The monoisotopic (exact) mass is 464 g/mol. The maximum Gasteiger partial charge on any atom is 0.339 e. The lowest BCUT2D eigenvalue weighted by Crippen LogP contribution is -2.40. The van der Waals surface area contributed by atoms with E-state index in [0.717, 1.165) is 30.4 Å². The van der Waals surface area contributed by atoms with Crippen LogP contribution in [0.25, 0.3) is 0 Å². The number of carbonyl (C=O) groups is 2. The molecule has 1 aliphatic heterocycles. The molecule has 1 amide bonds. The molecule has 1 N–H and O–H groups in total. The van der Waals surface area contributed by atoms with Gasteiger partial charge in [0.15, 0.2) is 0 Å². The van der Waals surface area contributed by atoms with E-state index in [-0.39, 0.29) is 17.4 Å². The van der Waals surface area contributed by atoms with Crippen molar-refractivity contribution in [1.82, 2.24) is 4.90 Å². The number of hydrogen-bond donors (Lipinski definition) is 1. The van der Waals surface area contributed by atoms with Crippen molar-refractivity contribution in [2.24, 2.45) is 5.92 Å². The van der Waals surface area contributed by atoms with Crippen molar-refractivity contribution in [3.05, 3.63) is 63.1 Å². The molecule has 1 unspecified atom stereocenters. The van der Waals surface area contributed by atoms with Gasteiger partial charge in [0.2, 0.25) is 5.91 Å². The van der Waals surface area contributed by atoms with Gasteiger partial charge in [-0.3, -0.25) is 9.69 Å². The minimum absolute atomic E-state index is 0.0444. The van der Waals surface area contributed by atoms with Crippen LogP contribution in [-0.2, 0) is 16.1 Å². The number of likely N-dealkylation sites (tertiary alicyclic amines) is 1. The summed E-state index contributed by atoms with van der Waals surface area (Å²) in [5.41, 5.74) is 2.00. The molecule has 5 nitrogen and oxygen atoms in total. The fraction of sp³-hybridized carbons (Fsp3) is 0.333. The van der Waals surface area contributed by atoms with Gasteiger partial charge >= 0.3 is 5.97 Å². The van der Waals surface area contributed by atoms with Crippen LogP contribution in [-0.4, -0.2) is 37.0 Å². The molecule has 1 heterocycles. The highest BCUT2D eigenvalue weighted by Crippen LogP contribution is 2.24. The Morgan fingerprint density at radius 2 is 2.11 bits per heavy atom. The Bertz CT molecular complexity index is 874. The van der Waals surface area contributed by atoms with E-state index in [9.17, 15) is 9.59 Å². The summed E-state index contributed by atoms with van der Waals surface area (Å²) in [6, 6.07) is 13.0. The van der Waals surface area contributed by atoms with Crippen molar-refractivity contribution in [3.63, 3.8) is 0 Å². The van der Waals surface area contributed by atoms with Crippen LogP contribution in [0.3, 0.4) is 0 Å². The predicted octanol–water partition coefficient (Wildman–Crippen LogP) is 4.74. The highest BCUT2D eigenvalue weighted by Gasteiger charge is 2.26. The number of methoxy groups -OCH3 is 1. The first kappa shape index (κ1) is 20.8. The maximum absolute atomic E-state index is 12.8. The van der Waals surface area contributed by atoms with E-state index in [2.05, 4.69) is 38.3 Å². The van der Waals surface area contributed by atoms with Crippen LogP contribution in [0.1, 0.15) is 28.8 Å². The van der Waals surface area contributed by atoms with Crippen molar-refractivity contribution >= 4 is 45.1 Å². The van der Waals surface area contributed by atoms with E-state index >= 15 is 0 Å². The number of nitrogens with one attached hydrogen (secondary N) is 1. The molecule has 148 valence electrons. The number of anilines is 1. The molecule has 2 aromatic carbocycles. The molecule has 1 fully saturated rings. The molecule has 1 atom stereocenters. The van der Waals surface area contributed by atoms with Crippen molar-refractivity contribution in [1.29, 1.82) is 0 Å². The third-order valence-corrected chi connectivity index (χ3v) is 5.63. The zero-order valence-electron chi connectivity index (χ0n) is 15.6. The summed E-state index contributed by atoms with van der Waals surface area (Å²) in [6.45, 7) is 2.50. The van der Waals surface area contributed by atoms with Crippen molar-refractivity contribution < 1.29 is 14.3 Å². The topological polar surface area (TPSA) is 58.6 Å². The number of amides is 1. The average Bonchev–Trinajstić information content (AvgIpc) is 2.69. The van der Waals surface area contributed by atoms with Crippen molar-refractivity contribution in [3.8, 4) is 0 Å². The number of benzene rings is 2. The zero-order valence-corrected chi connectivity index (χ0v) is 17.9. The van der Waals surface area contributed by atoms with E-state index in [1.165, 1.54) is 12.7 Å². The first-order valence-corrected chi connectivity index (χ1v) is 10.3. The number of ether oxygens (including phenoxy) is 1. The molecule has 0 bridgehead atoms. The van der Waals surface area contributed by atoms with E-state index in [1.54, 1.807) is 18.2 Å². The zero-order chi connectivity index (χ0) is 20.1. The normalized spacial score (nSPS) is 17.2. The lowest BCUT2D eigenvalue weighted by Gasteiger charge is -2.32. The SMILES string of the molecule is COC(=O)c1cc(NC(=O)C2CCCN(Cc3cccc(Br)c3)C2)ccc1Cl. The first-order chi connectivity index (χ1) is 13.5. The number of nitrogens with zero attached hydrogens (tertiary/aromatic N) is 1. The predicted molar refractivity (Wildman–Crippen MR) is 114 cm³/mol. The van der Waals surface area contributed by atoms with Crippen LogP contribution < -0.4 is 5.32 Å². The Kier molecular flexibility index (Phi) is 7.10. The molecule has 0 spiro atoms. The smallest absolute Gasteiger partial charge is 0.339 e. The van der Waals surface area contributed by atoms with Gasteiger partial charge in [0.05, 0.1) is 23.6 Å². The molecule has 3 rings (SSSR count). The van der Waals surface area contributed by atoms with E-state index < -0.39 is 5.97 Å². The van der Waals surface area contributed by atoms with Crippen LogP contribution in [0, 0.1) is 5.92 Å². The number of piperidine rings is 1. The summed E-state index contributed by atoms with van der Waals surface area (Å²) in [4.78, 5) is 26.8. The number of halogens is 2. The average molecular weight is 466 g/mol. The largest absolute Gasteiger partial charge is 0.465 e. The van der Waals surface area contributed by atoms with Crippen LogP contribution in [0.15, 0.2) is 46.9 Å². The van der Waals surface area contributed by atoms with Gasteiger partial charge < -0.3 is 10.1 Å². The lowest BCUT2D eigenvalue weighted by atomic mass is 9.96. The van der Waals surface area contributed by atoms with E-state index in [4.69, 9.17) is 16.3 Å². The van der Waals surface area contributed by atoms with Gasteiger partial charge in [-0.15, -0.1) is 0 Å². The second kappa shape index (κ2) is 9.54. The summed E-state index contributed by atoms with van der Waals surface area (Å²) >= 11 is 9.54. The summed E-state index contributed by atoms with van der Waals surface area (Å²) < 4.78 is 5.78. The van der Waals surface area contributed by atoms with Crippen molar-refractivity contribution in [2.45, 2.75) is 19.4 Å². The van der Waals surface area contributed by atoms with Gasteiger partial charge in [-0.05, 0) is 55.3 Å². The Morgan fingerprint density at radius 1 is 1.29 bits per heavy atom. The van der Waals surface area contributed by atoms with Gasteiger partial charge in [0.1, 0.15) is 0 Å². The molecule has 0 aromatic heterocycles.